The van der Waals surface area contributed by atoms with Crippen molar-refractivity contribution in [2.24, 2.45) is 0 Å². The summed E-state index contributed by atoms with van der Waals surface area (Å²) in [6.07, 6.45) is 4.59. The molecule has 1 aromatic heterocycles. The van der Waals surface area contributed by atoms with E-state index in [1.54, 1.807) is 11.1 Å². The van der Waals surface area contributed by atoms with Gasteiger partial charge in [0.15, 0.2) is 0 Å². The number of esters is 1. The van der Waals surface area contributed by atoms with E-state index in [4.69, 9.17) is 4.74 Å². The molecule has 0 bridgehead atoms. The van der Waals surface area contributed by atoms with E-state index in [0.29, 0.717) is 18.5 Å². The second-order valence-electron chi connectivity index (χ2n) is 6.98. The van der Waals surface area contributed by atoms with Crippen LogP contribution in [0, 0.1) is 0 Å². The van der Waals surface area contributed by atoms with Crippen molar-refractivity contribution in [3.63, 3.8) is 0 Å². The molecule has 1 saturated heterocycles. The minimum absolute atomic E-state index is 0.0914. The van der Waals surface area contributed by atoms with Gasteiger partial charge in [0.05, 0.1) is 18.6 Å². The zero-order valence-corrected chi connectivity index (χ0v) is 15.4. The van der Waals surface area contributed by atoms with Crippen molar-refractivity contribution >= 4 is 23.4 Å². The lowest BCUT2D eigenvalue weighted by molar-refractivity contribution is -0.142. The maximum Gasteiger partial charge on any atom is 0.313 e. The van der Waals surface area contributed by atoms with Gasteiger partial charge in [0.2, 0.25) is 0 Å². The average Bonchev–Trinajstić information content (AvgIpc) is 3.27. The SMILES string of the molecule is COC(=O)C1CCN(C(=O)c2ccc(N3CCCC3)nc2)c2ccccc21. The Morgan fingerprint density at radius 1 is 1.07 bits per heavy atom. The highest BCUT2D eigenvalue weighted by atomic mass is 16.5. The van der Waals surface area contributed by atoms with Gasteiger partial charge < -0.3 is 14.5 Å². The summed E-state index contributed by atoms with van der Waals surface area (Å²) < 4.78 is 4.93. The van der Waals surface area contributed by atoms with Gasteiger partial charge in [-0.15, -0.1) is 0 Å². The molecule has 4 rings (SSSR count). The van der Waals surface area contributed by atoms with Crippen LogP contribution in [0.5, 0.6) is 0 Å². The molecule has 0 saturated carbocycles. The van der Waals surface area contributed by atoms with E-state index in [1.165, 1.54) is 20.0 Å². The number of rotatable bonds is 3. The number of aromatic nitrogens is 1. The van der Waals surface area contributed by atoms with Crippen molar-refractivity contribution in [2.75, 3.05) is 36.5 Å². The maximum atomic E-state index is 13.1. The van der Waals surface area contributed by atoms with Gasteiger partial charge in [0, 0.05) is 31.5 Å². The normalized spacial score (nSPS) is 18.9. The number of benzene rings is 1. The van der Waals surface area contributed by atoms with Crippen LogP contribution in [0.2, 0.25) is 0 Å². The van der Waals surface area contributed by atoms with Crippen LogP contribution in [0.1, 0.15) is 41.1 Å². The van der Waals surface area contributed by atoms with Gasteiger partial charge in [-0.2, -0.15) is 0 Å². The summed E-state index contributed by atoms with van der Waals surface area (Å²) in [5, 5.41) is 0. The third-order valence-electron chi connectivity index (χ3n) is 5.40. The van der Waals surface area contributed by atoms with Gasteiger partial charge in [-0.05, 0) is 43.0 Å². The molecule has 0 N–H and O–H groups in total. The highest BCUT2D eigenvalue weighted by molar-refractivity contribution is 6.07. The molecule has 2 aromatic rings. The molecule has 1 atom stereocenters. The Hall–Kier alpha value is -2.89. The Morgan fingerprint density at radius 3 is 2.56 bits per heavy atom. The molecule has 27 heavy (non-hydrogen) atoms. The molecule has 2 aliphatic heterocycles. The van der Waals surface area contributed by atoms with Gasteiger partial charge in [0.1, 0.15) is 5.82 Å². The topological polar surface area (TPSA) is 62.7 Å². The summed E-state index contributed by atoms with van der Waals surface area (Å²) in [5.41, 5.74) is 2.17. The minimum atomic E-state index is -0.328. The van der Waals surface area contributed by atoms with Crippen LogP contribution < -0.4 is 9.80 Å². The summed E-state index contributed by atoms with van der Waals surface area (Å²) in [6, 6.07) is 11.3. The smallest absolute Gasteiger partial charge is 0.313 e. The third-order valence-corrected chi connectivity index (χ3v) is 5.40. The van der Waals surface area contributed by atoms with Crippen LogP contribution in [0.25, 0.3) is 0 Å². The Balaban J connectivity index is 1.59. The second-order valence-corrected chi connectivity index (χ2v) is 6.98. The number of amides is 1. The molecular formula is C21H23N3O3. The van der Waals surface area contributed by atoms with Crippen molar-refractivity contribution < 1.29 is 14.3 Å². The molecule has 1 amide bonds. The summed E-state index contributed by atoms with van der Waals surface area (Å²) in [6.45, 7) is 2.52. The predicted molar refractivity (Wildman–Crippen MR) is 103 cm³/mol. The molecule has 2 aliphatic rings. The van der Waals surface area contributed by atoms with Crippen molar-refractivity contribution in [1.82, 2.24) is 4.98 Å². The number of para-hydroxylation sites is 1. The monoisotopic (exact) mass is 365 g/mol. The number of pyridine rings is 1. The Kier molecular flexibility index (Phi) is 4.79. The largest absolute Gasteiger partial charge is 0.469 e. The molecule has 6 nitrogen and oxygen atoms in total. The van der Waals surface area contributed by atoms with Crippen molar-refractivity contribution in [3.8, 4) is 0 Å². The van der Waals surface area contributed by atoms with Crippen LogP contribution in [-0.4, -0.2) is 43.6 Å². The molecular weight excluding hydrogens is 342 g/mol. The summed E-state index contributed by atoms with van der Waals surface area (Å²) in [5.74, 6) is 0.247. The number of hydrogen-bond donors (Lipinski definition) is 0. The van der Waals surface area contributed by atoms with Crippen molar-refractivity contribution in [3.05, 3.63) is 53.7 Å². The van der Waals surface area contributed by atoms with Gasteiger partial charge in [-0.3, -0.25) is 9.59 Å². The summed E-state index contributed by atoms with van der Waals surface area (Å²) >= 11 is 0. The highest BCUT2D eigenvalue weighted by Gasteiger charge is 2.33. The molecule has 0 radical (unpaired) electrons. The summed E-state index contributed by atoms with van der Waals surface area (Å²) in [7, 11) is 1.40. The molecule has 140 valence electrons. The molecule has 0 spiro atoms. The van der Waals surface area contributed by atoms with E-state index in [0.717, 1.165) is 30.2 Å². The first-order valence-electron chi connectivity index (χ1n) is 9.38. The van der Waals surface area contributed by atoms with Crippen molar-refractivity contribution in [2.45, 2.75) is 25.2 Å². The number of carbonyl (C=O) groups is 2. The van der Waals surface area contributed by atoms with Crippen LogP contribution in [-0.2, 0) is 9.53 Å². The number of fused-ring (bicyclic) bond motifs is 1. The molecule has 1 unspecified atom stereocenters. The van der Waals surface area contributed by atoms with Crippen molar-refractivity contribution in [1.29, 1.82) is 0 Å². The van der Waals surface area contributed by atoms with Gasteiger partial charge >= 0.3 is 5.97 Å². The quantitative estimate of drug-likeness (QED) is 0.783. The molecule has 3 heterocycles. The Morgan fingerprint density at radius 2 is 1.85 bits per heavy atom. The predicted octanol–water partition coefficient (Wildman–Crippen LogP) is 2.99. The van der Waals surface area contributed by atoms with Crippen LogP contribution in [0.3, 0.4) is 0 Å². The number of ether oxygens (including phenoxy) is 1. The third kappa shape index (κ3) is 3.27. The first-order chi connectivity index (χ1) is 13.2. The molecule has 6 heteroatoms. The Bertz CT molecular complexity index is 844. The summed E-state index contributed by atoms with van der Waals surface area (Å²) in [4.78, 5) is 33.7. The fourth-order valence-electron chi connectivity index (χ4n) is 3.96. The lowest BCUT2D eigenvalue weighted by Crippen LogP contribution is -2.38. The average molecular weight is 365 g/mol. The van der Waals surface area contributed by atoms with E-state index in [-0.39, 0.29) is 17.8 Å². The Labute approximate surface area is 158 Å². The van der Waals surface area contributed by atoms with Gasteiger partial charge in [-0.1, -0.05) is 18.2 Å². The first-order valence-corrected chi connectivity index (χ1v) is 9.38. The van der Waals surface area contributed by atoms with E-state index < -0.39 is 0 Å². The van der Waals surface area contributed by atoms with Crippen LogP contribution >= 0.6 is 0 Å². The lowest BCUT2D eigenvalue weighted by Gasteiger charge is -2.33. The fraction of sp³-hybridized carbons (Fsp3) is 0.381. The number of anilines is 2. The van der Waals surface area contributed by atoms with Crippen LogP contribution in [0.4, 0.5) is 11.5 Å². The number of nitrogens with zero attached hydrogens (tertiary/aromatic N) is 3. The number of methoxy groups -OCH3 is 1. The second kappa shape index (κ2) is 7.39. The van der Waals surface area contributed by atoms with Gasteiger partial charge in [-0.25, -0.2) is 4.98 Å². The molecule has 1 aromatic carbocycles. The first kappa shape index (κ1) is 17.5. The molecule has 1 fully saturated rings. The van der Waals surface area contributed by atoms with Gasteiger partial charge in [0.25, 0.3) is 5.91 Å². The van der Waals surface area contributed by atoms with E-state index in [2.05, 4.69) is 9.88 Å². The maximum absolute atomic E-state index is 13.1. The molecule has 0 aliphatic carbocycles. The minimum Gasteiger partial charge on any atom is -0.469 e. The fourth-order valence-corrected chi connectivity index (χ4v) is 3.96. The van der Waals surface area contributed by atoms with E-state index >= 15 is 0 Å². The zero-order valence-electron chi connectivity index (χ0n) is 15.4. The number of carbonyl (C=O) groups excluding carboxylic acids is 2. The lowest BCUT2D eigenvalue weighted by atomic mass is 9.89. The van der Waals surface area contributed by atoms with Crippen LogP contribution in [0.15, 0.2) is 42.6 Å². The highest BCUT2D eigenvalue weighted by Crippen LogP contribution is 2.36. The zero-order chi connectivity index (χ0) is 18.8. The van der Waals surface area contributed by atoms with E-state index in [1.807, 2.05) is 36.4 Å². The standard InChI is InChI=1S/C21H23N3O3/c1-27-21(26)17-10-13-24(18-7-3-2-6-16(17)18)20(25)15-8-9-19(22-14-15)23-11-4-5-12-23/h2-3,6-9,14,17H,4-5,10-13H2,1H3. The number of hydrogen-bond acceptors (Lipinski definition) is 5. The van der Waals surface area contributed by atoms with E-state index in [9.17, 15) is 9.59 Å².